The van der Waals surface area contributed by atoms with Gasteiger partial charge in [-0.25, -0.2) is 0 Å². The van der Waals surface area contributed by atoms with E-state index in [1.807, 2.05) is 4.90 Å². The molecule has 1 aromatic carbocycles. The van der Waals surface area contributed by atoms with Gasteiger partial charge in [0, 0.05) is 58.2 Å². The van der Waals surface area contributed by atoms with Crippen LogP contribution < -0.4 is 0 Å². The van der Waals surface area contributed by atoms with Gasteiger partial charge < -0.3 is 9.80 Å². The lowest BCUT2D eigenvalue weighted by atomic mass is 9.94. The van der Waals surface area contributed by atoms with E-state index in [9.17, 15) is 9.59 Å². The SMILES string of the molecule is CC(=O)N1CCC(C(=O)N2C[C@@H]3CC[C@H](C2)N(Cc2ccccc2)C3)CC1. The van der Waals surface area contributed by atoms with Crippen LogP contribution in [0.3, 0.4) is 0 Å². The lowest BCUT2D eigenvalue weighted by molar-refractivity contribution is -0.140. The van der Waals surface area contributed by atoms with Crippen LogP contribution in [-0.2, 0) is 16.1 Å². The van der Waals surface area contributed by atoms with Crippen LogP contribution in [0, 0.1) is 11.8 Å². The van der Waals surface area contributed by atoms with E-state index in [1.54, 1.807) is 6.92 Å². The molecule has 4 heterocycles. The Morgan fingerprint density at radius 2 is 1.67 bits per heavy atom. The second kappa shape index (κ2) is 8.01. The summed E-state index contributed by atoms with van der Waals surface area (Å²) in [6, 6.07) is 11.2. The minimum atomic E-state index is 0.0978. The van der Waals surface area contributed by atoms with E-state index >= 15 is 0 Å². The summed E-state index contributed by atoms with van der Waals surface area (Å²) in [6.07, 6.45) is 4.07. The lowest BCUT2D eigenvalue weighted by Gasteiger charge is -2.36. The van der Waals surface area contributed by atoms with Crippen LogP contribution in [0.2, 0.25) is 0 Å². The summed E-state index contributed by atoms with van der Waals surface area (Å²) in [5, 5.41) is 0. The Morgan fingerprint density at radius 1 is 0.926 bits per heavy atom. The van der Waals surface area contributed by atoms with E-state index in [0.717, 1.165) is 52.1 Å². The summed E-state index contributed by atoms with van der Waals surface area (Å²) in [6.45, 7) is 6.95. The fraction of sp³-hybridized carbons (Fsp3) is 0.636. The van der Waals surface area contributed by atoms with Gasteiger partial charge in [-0.15, -0.1) is 0 Å². The molecule has 0 radical (unpaired) electrons. The lowest BCUT2D eigenvalue weighted by Crippen LogP contribution is -2.46. The first-order valence-electron chi connectivity index (χ1n) is 10.4. The average Bonchev–Trinajstić information content (AvgIpc) is 3.00. The van der Waals surface area contributed by atoms with Gasteiger partial charge in [-0.3, -0.25) is 14.5 Å². The van der Waals surface area contributed by atoms with Gasteiger partial charge in [0.15, 0.2) is 0 Å². The number of rotatable bonds is 3. The van der Waals surface area contributed by atoms with Crippen molar-refractivity contribution in [3.05, 3.63) is 35.9 Å². The quantitative estimate of drug-likeness (QED) is 0.822. The molecule has 5 heteroatoms. The van der Waals surface area contributed by atoms with Crippen LogP contribution in [0.1, 0.15) is 38.2 Å². The number of carbonyl (C=O) groups excluding carboxylic acids is 2. The number of nitrogens with zero attached hydrogens (tertiary/aromatic N) is 3. The molecule has 0 unspecified atom stereocenters. The second-order valence-corrected chi connectivity index (χ2v) is 8.54. The predicted molar refractivity (Wildman–Crippen MR) is 105 cm³/mol. The zero-order valence-corrected chi connectivity index (χ0v) is 16.3. The number of piperidine rings is 2. The highest BCUT2D eigenvalue weighted by Crippen LogP contribution is 2.31. The molecule has 27 heavy (non-hydrogen) atoms. The summed E-state index contributed by atoms with van der Waals surface area (Å²) in [4.78, 5) is 31.3. The minimum Gasteiger partial charge on any atom is -0.343 e. The standard InChI is InChI=1S/C22H31N3O2/c1-17(26)23-11-9-20(10-12-23)22(27)25-15-19-7-8-21(16-25)24(14-19)13-18-5-3-2-4-6-18/h2-6,19-21H,7-16H2,1H3/t19-,21-/m1/s1. The van der Waals surface area contributed by atoms with Crippen LogP contribution in [0.15, 0.2) is 30.3 Å². The molecular formula is C22H31N3O2. The molecule has 146 valence electrons. The molecule has 1 aromatic rings. The van der Waals surface area contributed by atoms with Crippen molar-refractivity contribution in [2.45, 2.75) is 45.2 Å². The van der Waals surface area contributed by atoms with Crippen LogP contribution in [-0.4, -0.2) is 65.3 Å². The van der Waals surface area contributed by atoms with Crippen molar-refractivity contribution in [1.29, 1.82) is 0 Å². The fourth-order valence-corrected chi connectivity index (χ4v) is 5.07. The third-order valence-electron chi connectivity index (χ3n) is 6.66. The van der Waals surface area contributed by atoms with Gasteiger partial charge >= 0.3 is 0 Å². The van der Waals surface area contributed by atoms with Crippen molar-refractivity contribution >= 4 is 11.8 Å². The predicted octanol–water partition coefficient (Wildman–Crippen LogP) is 2.37. The number of amides is 2. The number of carbonyl (C=O) groups is 2. The molecule has 0 aromatic heterocycles. The van der Waals surface area contributed by atoms with Gasteiger partial charge in [-0.05, 0) is 37.2 Å². The molecule has 5 nitrogen and oxygen atoms in total. The van der Waals surface area contributed by atoms with Crippen molar-refractivity contribution in [3.8, 4) is 0 Å². The topological polar surface area (TPSA) is 43.9 Å². The maximum atomic E-state index is 13.2. The first kappa shape index (κ1) is 18.5. The zero-order chi connectivity index (χ0) is 18.8. The second-order valence-electron chi connectivity index (χ2n) is 8.54. The summed E-state index contributed by atoms with van der Waals surface area (Å²) in [5.74, 6) is 1.15. The highest BCUT2D eigenvalue weighted by Gasteiger charge is 2.38. The zero-order valence-electron chi connectivity index (χ0n) is 16.3. The average molecular weight is 370 g/mol. The molecular weight excluding hydrogens is 338 g/mol. The Kier molecular flexibility index (Phi) is 5.48. The molecule has 2 amide bonds. The maximum Gasteiger partial charge on any atom is 0.225 e. The third kappa shape index (κ3) is 4.18. The Bertz CT molecular complexity index is 669. The van der Waals surface area contributed by atoms with Gasteiger partial charge in [0.2, 0.25) is 11.8 Å². The monoisotopic (exact) mass is 369 g/mol. The summed E-state index contributed by atoms with van der Waals surface area (Å²) < 4.78 is 0. The van der Waals surface area contributed by atoms with E-state index < -0.39 is 0 Å². The highest BCUT2D eigenvalue weighted by molar-refractivity contribution is 5.80. The van der Waals surface area contributed by atoms with E-state index in [4.69, 9.17) is 0 Å². The molecule has 5 rings (SSSR count). The largest absolute Gasteiger partial charge is 0.343 e. The van der Waals surface area contributed by atoms with Crippen molar-refractivity contribution in [1.82, 2.24) is 14.7 Å². The first-order valence-corrected chi connectivity index (χ1v) is 10.4. The van der Waals surface area contributed by atoms with Crippen molar-refractivity contribution in [3.63, 3.8) is 0 Å². The molecule has 0 spiro atoms. The Morgan fingerprint density at radius 3 is 2.37 bits per heavy atom. The molecule has 4 aliphatic rings. The van der Waals surface area contributed by atoms with Crippen LogP contribution in [0.4, 0.5) is 0 Å². The van der Waals surface area contributed by atoms with E-state index in [-0.39, 0.29) is 11.8 Å². The number of hydrogen-bond acceptors (Lipinski definition) is 3. The smallest absolute Gasteiger partial charge is 0.225 e. The van der Waals surface area contributed by atoms with Crippen LogP contribution in [0.5, 0.6) is 0 Å². The first-order chi connectivity index (χ1) is 13.1. The Hall–Kier alpha value is -1.88. The van der Waals surface area contributed by atoms with Gasteiger partial charge in [0.25, 0.3) is 0 Å². The summed E-state index contributed by atoms with van der Waals surface area (Å²) >= 11 is 0. The molecule has 2 atom stereocenters. The van der Waals surface area contributed by atoms with Gasteiger partial charge in [0.05, 0.1) is 0 Å². The molecule has 0 saturated carbocycles. The maximum absolute atomic E-state index is 13.2. The van der Waals surface area contributed by atoms with Gasteiger partial charge in [-0.1, -0.05) is 30.3 Å². The number of benzene rings is 1. The molecule has 4 fully saturated rings. The van der Waals surface area contributed by atoms with Crippen LogP contribution in [0.25, 0.3) is 0 Å². The number of likely N-dealkylation sites (tertiary alicyclic amines) is 1. The normalized spacial score (nSPS) is 26.9. The van der Waals surface area contributed by atoms with Crippen molar-refractivity contribution < 1.29 is 9.59 Å². The van der Waals surface area contributed by atoms with Gasteiger partial charge in [0.1, 0.15) is 0 Å². The van der Waals surface area contributed by atoms with E-state index in [2.05, 4.69) is 40.1 Å². The van der Waals surface area contributed by atoms with Crippen molar-refractivity contribution in [2.24, 2.45) is 11.8 Å². The minimum absolute atomic E-state index is 0.0978. The van der Waals surface area contributed by atoms with Crippen molar-refractivity contribution in [2.75, 3.05) is 32.7 Å². The van der Waals surface area contributed by atoms with Gasteiger partial charge in [-0.2, -0.15) is 0 Å². The van der Waals surface area contributed by atoms with Crippen LogP contribution >= 0.6 is 0 Å². The molecule has 2 bridgehead atoms. The van der Waals surface area contributed by atoms with E-state index in [1.165, 1.54) is 18.4 Å². The Labute approximate surface area is 162 Å². The number of hydrogen-bond donors (Lipinski definition) is 0. The fourth-order valence-electron chi connectivity index (χ4n) is 5.07. The van der Waals surface area contributed by atoms with E-state index in [0.29, 0.717) is 17.9 Å². The highest BCUT2D eigenvalue weighted by atomic mass is 16.2. The third-order valence-corrected chi connectivity index (χ3v) is 6.66. The number of fused-ring (bicyclic) bond motifs is 4. The molecule has 0 aliphatic carbocycles. The summed E-state index contributed by atoms with van der Waals surface area (Å²) in [5.41, 5.74) is 1.36. The Balaban J connectivity index is 1.38. The molecule has 0 N–H and O–H groups in total. The molecule has 4 aliphatic heterocycles. The molecule has 4 saturated heterocycles. The summed E-state index contributed by atoms with van der Waals surface area (Å²) in [7, 11) is 0.